The normalized spacial score (nSPS) is 15.0. The molecule has 1 fully saturated rings. The van der Waals surface area contributed by atoms with Crippen LogP contribution in [0.5, 0.6) is 0 Å². The van der Waals surface area contributed by atoms with E-state index in [-0.39, 0.29) is 29.2 Å². The third-order valence-electron chi connectivity index (χ3n) is 5.65. The molecule has 31 heavy (non-hydrogen) atoms. The highest BCUT2D eigenvalue weighted by Gasteiger charge is 2.32. The Bertz CT molecular complexity index is 1080. The minimum Gasteiger partial charge on any atom is -0.369 e. The van der Waals surface area contributed by atoms with E-state index in [9.17, 15) is 18.0 Å². The Morgan fingerprint density at radius 2 is 1.71 bits per heavy atom. The average molecular weight is 464 g/mol. The molecule has 0 saturated carbocycles. The second-order valence-electron chi connectivity index (χ2n) is 7.77. The SMILES string of the molecule is Cc1ccc(S(=O)(=O)N(CC(=O)N2CCC(C(N)=O)CC2)c2cccc(Cl)c2C)cc1. The topological polar surface area (TPSA) is 101 Å². The van der Waals surface area contributed by atoms with Gasteiger partial charge in [-0.15, -0.1) is 0 Å². The lowest BCUT2D eigenvalue weighted by Gasteiger charge is -2.33. The lowest BCUT2D eigenvalue weighted by molar-refractivity contribution is -0.133. The third kappa shape index (κ3) is 5.02. The van der Waals surface area contributed by atoms with E-state index in [0.29, 0.717) is 42.2 Å². The summed E-state index contributed by atoms with van der Waals surface area (Å²) in [6, 6.07) is 11.5. The number of primary amides is 1. The van der Waals surface area contributed by atoms with Gasteiger partial charge in [-0.25, -0.2) is 8.42 Å². The number of likely N-dealkylation sites (tertiary alicyclic amines) is 1. The maximum Gasteiger partial charge on any atom is 0.264 e. The van der Waals surface area contributed by atoms with E-state index in [1.165, 1.54) is 12.1 Å². The number of benzene rings is 2. The summed E-state index contributed by atoms with van der Waals surface area (Å²) in [5.41, 5.74) is 7.22. The lowest BCUT2D eigenvalue weighted by atomic mass is 9.96. The van der Waals surface area contributed by atoms with Gasteiger partial charge >= 0.3 is 0 Å². The zero-order valence-electron chi connectivity index (χ0n) is 17.5. The smallest absolute Gasteiger partial charge is 0.264 e. The van der Waals surface area contributed by atoms with E-state index in [0.717, 1.165) is 9.87 Å². The van der Waals surface area contributed by atoms with Crippen LogP contribution in [0.2, 0.25) is 5.02 Å². The molecule has 1 heterocycles. The number of halogens is 1. The van der Waals surface area contributed by atoms with E-state index < -0.39 is 10.0 Å². The Morgan fingerprint density at radius 1 is 1.10 bits per heavy atom. The van der Waals surface area contributed by atoms with Crippen molar-refractivity contribution in [1.82, 2.24) is 4.90 Å². The minimum absolute atomic E-state index is 0.0951. The Labute approximate surface area is 187 Å². The molecule has 1 aliphatic heterocycles. The van der Waals surface area contributed by atoms with Crippen LogP contribution in [0.1, 0.15) is 24.0 Å². The van der Waals surface area contributed by atoms with Crippen LogP contribution in [-0.4, -0.2) is 44.8 Å². The zero-order valence-corrected chi connectivity index (χ0v) is 19.1. The van der Waals surface area contributed by atoms with Crippen LogP contribution in [0.4, 0.5) is 5.69 Å². The van der Waals surface area contributed by atoms with E-state index >= 15 is 0 Å². The van der Waals surface area contributed by atoms with E-state index in [1.807, 2.05) is 6.92 Å². The molecule has 166 valence electrons. The molecular formula is C22H26ClN3O4S. The first-order valence-electron chi connectivity index (χ1n) is 10.0. The fraction of sp³-hybridized carbons (Fsp3) is 0.364. The molecular weight excluding hydrogens is 438 g/mol. The van der Waals surface area contributed by atoms with Gasteiger partial charge in [0.2, 0.25) is 11.8 Å². The highest BCUT2D eigenvalue weighted by atomic mass is 35.5. The number of aryl methyl sites for hydroxylation is 1. The van der Waals surface area contributed by atoms with E-state index in [2.05, 4.69) is 0 Å². The van der Waals surface area contributed by atoms with Crippen molar-refractivity contribution in [3.63, 3.8) is 0 Å². The molecule has 0 unspecified atom stereocenters. The maximum atomic E-state index is 13.5. The van der Waals surface area contributed by atoms with Gasteiger partial charge in [0.15, 0.2) is 0 Å². The number of piperidine rings is 1. The number of nitrogens with zero attached hydrogens (tertiary/aromatic N) is 2. The summed E-state index contributed by atoms with van der Waals surface area (Å²) in [6.07, 6.45) is 0.948. The van der Waals surface area contributed by atoms with Gasteiger partial charge in [-0.3, -0.25) is 13.9 Å². The Morgan fingerprint density at radius 3 is 2.29 bits per heavy atom. The molecule has 2 aromatic rings. The molecule has 0 aliphatic carbocycles. The van der Waals surface area contributed by atoms with Crippen molar-refractivity contribution < 1.29 is 18.0 Å². The molecule has 0 radical (unpaired) electrons. The molecule has 0 aromatic heterocycles. The maximum absolute atomic E-state index is 13.5. The highest BCUT2D eigenvalue weighted by Crippen LogP contribution is 2.31. The molecule has 0 atom stereocenters. The molecule has 7 nitrogen and oxygen atoms in total. The van der Waals surface area contributed by atoms with Gasteiger partial charge < -0.3 is 10.6 Å². The van der Waals surface area contributed by atoms with Gasteiger partial charge in [0.1, 0.15) is 6.54 Å². The van der Waals surface area contributed by atoms with Crippen LogP contribution in [0.25, 0.3) is 0 Å². The Balaban J connectivity index is 1.93. The van der Waals surface area contributed by atoms with Crippen molar-refractivity contribution in [3.05, 3.63) is 58.6 Å². The number of carbonyl (C=O) groups excluding carboxylic acids is 2. The molecule has 9 heteroatoms. The lowest BCUT2D eigenvalue weighted by Crippen LogP contribution is -2.47. The van der Waals surface area contributed by atoms with Crippen LogP contribution in [0, 0.1) is 19.8 Å². The first-order chi connectivity index (χ1) is 14.6. The van der Waals surface area contributed by atoms with Crippen molar-refractivity contribution in [2.24, 2.45) is 11.7 Å². The predicted molar refractivity (Wildman–Crippen MR) is 120 cm³/mol. The number of anilines is 1. The first kappa shape index (κ1) is 23.1. The van der Waals surface area contributed by atoms with Crippen molar-refractivity contribution in [2.75, 3.05) is 23.9 Å². The van der Waals surface area contributed by atoms with Gasteiger partial charge in [0.25, 0.3) is 10.0 Å². The van der Waals surface area contributed by atoms with Crippen molar-refractivity contribution in [2.45, 2.75) is 31.6 Å². The van der Waals surface area contributed by atoms with Gasteiger partial charge in [0.05, 0.1) is 10.6 Å². The van der Waals surface area contributed by atoms with Gasteiger partial charge in [-0.1, -0.05) is 35.4 Å². The average Bonchev–Trinajstić information content (AvgIpc) is 2.74. The minimum atomic E-state index is -4.02. The monoisotopic (exact) mass is 463 g/mol. The second-order valence-corrected chi connectivity index (χ2v) is 10.0. The predicted octanol–water partition coefficient (Wildman–Crippen LogP) is 2.88. The van der Waals surface area contributed by atoms with Crippen molar-refractivity contribution in [1.29, 1.82) is 0 Å². The molecule has 1 saturated heterocycles. The van der Waals surface area contributed by atoms with Gasteiger partial charge in [-0.2, -0.15) is 0 Å². The quantitative estimate of drug-likeness (QED) is 0.711. The summed E-state index contributed by atoms with van der Waals surface area (Å²) >= 11 is 6.25. The summed E-state index contributed by atoms with van der Waals surface area (Å²) in [7, 11) is -4.02. The van der Waals surface area contributed by atoms with Crippen LogP contribution in [0.3, 0.4) is 0 Å². The molecule has 1 aliphatic rings. The second kappa shape index (κ2) is 9.28. The fourth-order valence-electron chi connectivity index (χ4n) is 3.64. The molecule has 2 aromatic carbocycles. The molecule has 2 amide bonds. The summed E-state index contributed by atoms with van der Waals surface area (Å²) < 4.78 is 28.1. The van der Waals surface area contributed by atoms with Crippen LogP contribution < -0.4 is 10.0 Å². The zero-order chi connectivity index (χ0) is 22.8. The number of hydrogen-bond donors (Lipinski definition) is 1. The number of carbonyl (C=O) groups is 2. The molecule has 0 spiro atoms. The number of sulfonamides is 1. The van der Waals surface area contributed by atoms with Gasteiger partial charge in [-0.05, 0) is 56.5 Å². The molecule has 3 rings (SSSR count). The summed E-state index contributed by atoms with van der Waals surface area (Å²) in [4.78, 5) is 26.1. The summed E-state index contributed by atoms with van der Waals surface area (Å²) in [5, 5.41) is 0.413. The molecule has 2 N–H and O–H groups in total. The fourth-order valence-corrected chi connectivity index (χ4v) is 5.28. The Hall–Kier alpha value is -2.58. The number of nitrogens with two attached hydrogens (primary N) is 1. The van der Waals surface area contributed by atoms with E-state index in [1.54, 1.807) is 42.2 Å². The third-order valence-corrected chi connectivity index (χ3v) is 7.83. The van der Waals surface area contributed by atoms with Crippen LogP contribution in [0.15, 0.2) is 47.4 Å². The standard InChI is InChI=1S/C22H26ClN3O4S/c1-15-6-8-18(9-7-15)31(29,30)26(20-5-3-4-19(23)16(20)2)14-21(27)25-12-10-17(11-13-25)22(24)28/h3-9,17H,10-14H2,1-2H3,(H2,24,28). The van der Waals surface area contributed by atoms with Crippen molar-refractivity contribution >= 4 is 39.1 Å². The largest absolute Gasteiger partial charge is 0.369 e. The number of amides is 2. The highest BCUT2D eigenvalue weighted by molar-refractivity contribution is 7.92. The van der Waals surface area contributed by atoms with Crippen LogP contribution in [-0.2, 0) is 19.6 Å². The summed E-state index contributed by atoms with van der Waals surface area (Å²) in [5.74, 6) is -0.963. The molecule has 0 bridgehead atoms. The van der Waals surface area contributed by atoms with Crippen LogP contribution >= 0.6 is 11.6 Å². The van der Waals surface area contributed by atoms with Gasteiger partial charge in [0, 0.05) is 24.0 Å². The summed E-state index contributed by atoms with van der Waals surface area (Å²) in [6.45, 7) is 3.95. The Kier molecular flexibility index (Phi) is 6.91. The van der Waals surface area contributed by atoms with E-state index in [4.69, 9.17) is 17.3 Å². The first-order valence-corrected chi connectivity index (χ1v) is 11.8. The van der Waals surface area contributed by atoms with Crippen molar-refractivity contribution in [3.8, 4) is 0 Å². The number of hydrogen-bond acceptors (Lipinski definition) is 4. The number of rotatable bonds is 6.